The van der Waals surface area contributed by atoms with E-state index in [9.17, 15) is 4.79 Å². The highest BCUT2D eigenvalue weighted by Crippen LogP contribution is 1.98. The number of carbonyl (C=O) groups is 1. The molecule has 4 heteroatoms. The maximum atomic E-state index is 10.8. The number of ether oxygens (including phenoxy) is 1. The van der Waals surface area contributed by atoms with Crippen molar-refractivity contribution in [2.45, 2.75) is 33.6 Å². The fourth-order valence-corrected chi connectivity index (χ4v) is 1.72. The summed E-state index contributed by atoms with van der Waals surface area (Å²) < 4.78 is 5.24. The van der Waals surface area contributed by atoms with E-state index in [0.29, 0.717) is 0 Å². The average Bonchev–Trinajstić information content (AvgIpc) is 2.37. The Bertz CT molecular complexity index is 202. The van der Waals surface area contributed by atoms with Crippen molar-refractivity contribution in [2.75, 3.05) is 46.9 Å². The molecule has 108 valence electrons. The van der Waals surface area contributed by atoms with Crippen LogP contribution in [0.3, 0.4) is 0 Å². The Morgan fingerprint density at radius 2 is 1.83 bits per heavy atom. The van der Waals surface area contributed by atoms with Gasteiger partial charge in [-0.1, -0.05) is 27.2 Å². The normalized spacial score (nSPS) is 16.1. The maximum absolute atomic E-state index is 10.8. The zero-order chi connectivity index (χ0) is 14.0. The van der Waals surface area contributed by atoms with Crippen molar-refractivity contribution in [3.63, 3.8) is 0 Å². The first-order valence-electron chi connectivity index (χ1n) is 7.00. The topological polar surface area (TPSA) is 32.8 Å². The molecule has 0 atom stereocenters. The Labute approximate surface area is 112 Å². The number of morpholine rings is 1. The molecule has 0 aromatic carbocycles. The monoisotopic (exact) mass is 258 g/mol. The average molecular weight is 258 g/mol. The fourth-order valence-electron chi connectivity index (χ4n) is 1.72. The minimum absolute atomic E-state index is 0.130. The van der Waals surface area contributed by atoms with E-state index in [1.54, 1.807) is 19.0 Å². The second-order valence-electron chi connectivity index (χ2n) is 5.19. The molecule has 1 saturated heterocycles. The van der Waals surface area contributed by atoms with Crippen molar-refractivity contribution in [3.05, 3.63) is 0 Å². The van der Waals surface area contributed by atoms with E-state index in [1.807, 2.05) is 13.8 Å². The first-order chi connectivity index (χ1) is 8.49. The lowest BCUT2D eigenvalue weighted by Crippen LogP contribution is -2.36. The van der Waals surface area contributed by atoms with E-state index in [0.717, 1.165) is 26.3 Å². The third-order valence-corrected chi connectivity index (χ3v) is 2.87. The number of rotatable bonds is 4. The Kier molecular flexibility index (Phi) is 9.98. The van der Waals surface area contributed by atoms with Gasteiger partial charge < -0.3 is 9.64 Å². The highest BCUT2D eigenvalue weighted by atomic mass is 16.5. The quantitative estimate of drug-likeness (QED) is 0.771. The first-order valence-corrected chi connectivity index (χ1v) is 7.00. The molecule has 1 rings (SSSR count). The molecule has 18 heavy (non-hydrogen) atoms. The number of carbonyl (C=O) groups excluding carboxylic acids is 1. The smallest absolute Gasteiger partial charge is 0.224 e. The van der Waals surface area contributed by atoms with Crippen molar-refractivity contribution >= 4 is 5.91 Å². The second kappa shape index (κ2) is 10.3. The zero-order valence-corrected chi connectivity index (χ0v) is 12.7. The van der Waals surface area contributed by atoms with Gasteiger partial charge in [-0.15, -0.1) is 0 Å². The molecular formula is C14H30N2O2. The molecule has 0 spiro atoms. The van der Waals surface area contributed by atoms with E-state index in [4.69, 9.17) is 4.74 Å². The number of hydrogen-bond donors (Lipinski definition) is 0. The van der Waals surface area contributed by atoms with Crippen LogP contribution in [0.1, 0.15) is 33.6 Å². The molecule has 0 aromatic heterocycles. The summed E-state index contributed by atoms with van der Waals surface area (Å²) in [6.45, 7) is 11.4. The molecule has 0 aromatic rings. The molecule has 1 amide bonds. The van der Waals surface area contributed by atoms with Gasteiger partial charge in [0.1, 0.15) is 0 Å². The van der Waals surface area contributed by atoms with Gasteiger partial charge >= 0.3 is 0 Å². The van der Waals surface area contributed by atoms with E-state index >= 15 is 0 Å². The van der Waals surface area contributed by atoms with Crippen molar-refractivity contribution < 1.29 is 9.53 Å². The van der Waals surface area contributed by atoms with Gasteiger partial charge in [0.25, 0.3) is 0 Å². The van der Waals surface area contributed by atoms with E-state index in [1.165, 1.54) is 19.4 Å². The summed E-state index contributed by atoms with van der Waals surface area (Å²) in [5.74, 6) is 0.315. The lowest BCUT2D eigenvalue weighted by molar-refractivity contribution is -0.131. The summed E-state index contributed by atoms with van der Waals surface area (Å²) in [6, 6.07) is 0. The number of hydrogen-bond acceptors (Lipinski definition) is 3. The summed E-state index contributed by atoms with van der Waals surface area (Å²) in [5, 5.41) is 0. The molecular weight excluding hydrogens is 228 g/mol. The highest BCUT2D eigenvalue weighted by molar-refractivity contribution is 5.77. The Morgan fingerprint density at radius 1 is 1.28 bits per heavy atom. The number of nitrogens with zero attached hydrogens (tertiary/aromatic N) is 2. The van der Waals surface area contributed by atoms with Crippen molar-refractivity contribution in [3.8, 4) is 0 Å². The van der Waals surface area contributed by atoms with Gasteiger partial charge in [-0.2, -0.15) is 0 Å². The fraction of sp³-hybridized carbons (Fsp3) is 0.929. The Morgan fingerprint density at radius 3 is 2.17 bits per heavy atom. The molecule has 4 nitrogen and oxygen atoms in total. The van der Waals surface area contributed by atoms with Crippen LogP contribution in [0.2, 0.25) is 0 Å². The van der Waals surface area contributed by atoms with Gasteiger partial charge in [-0.05, 0) is 13.0 Å². The third-order valence-electron chi connectivity index (χ3n) is 2.87. The van der Waals surface area contributed by atoms with Crippen molar-refractivity contribution in [1.82, 2.24) is 9.80 Å². The predicted octanol–water partition coefficient (Wildman–Crippen LogP) is 1.85. The summed E-state index contributed by atoms with van der Waals surface area (Å²) >= 11 is 0. The maximum Gasteiger partial charge on any atom is 0.224 e. The van der Waals surface area contributed by atoms with Crippen molar-refractivity contribution in [2.24, 2.45) is 5.92 Å². The Hall–Kier alpha value is -0.610. The SMILES string of the molecule is CC(C)C(=O)N(C)C.CCCCN1CCOCC1. The van der Waals surface area contributed by atoms with Gasteiger partial charge in [0, 0.05) is 33.1 Å². The van der Waals surface area contributed by atoms with E-state index < -0.39 is 0 Å². The van der Waals surface area contributed by atoms with Crippen LogP contribution in [0.5, 0.6) is 0 Å². The van der Waals surface area contributed by atoms with Crippen LogP contribution in [0.4, 0.5) is 0 Å². The Balaban J connectivity index is 0.000000331. The van der Waals surface area contributed by atoms with Gasteiger partial charge in [0.15, 0.2) is 0 Å². The second-order valence-corrected chi connectivity index (χ2v) is 5.19. The number of amides is 1. The molecule has 0 radical (unpaired) electrons. The molecule has 1 aliphatic rings. The molecule has 1 aliphatic heterocycles. The van der Waals surface area contributed by atoms with Gasteiger partial charge in [0.2, 0.25) is 5.91 Å². The molecule has 0 aliphatic carbocycles. The zero-order valence-electron chi connectivity index (χ0n) is 12.7. The van der Waals surface area contributed by atoms with Gasteiger partial charge in [-0.25, -0.2) is 0 Å². The summed E-state index contributed by atoms with van der Waals surface area (Å²) in [4.78, 5) is 14.8. The minimum atomic E-state index is 0.130. The van der Waals surface area contributed by atoms with Crippen LogP contribution in [0.15, 0.2) is 0 Å². The number of unbranched alkanes of at least 4 members (excludes halogenated alkanes) is 1. The molecule has 0 saturated carbocycles. The molecule has 1 fully saturated rings. The molecule has 1 heterocycles. The predicted molar refractivity (Wildman–Crippen MR) is 75.7 cm³/mol. The van der Waals surface area contributed by atoms with Crippen LogP contribution in [-0.4, -0.2) is 62.7 Å². The highest BCUT2D eigenvalue weighted by Gasteiger charge is 2.08. The molecule has 0 N–H and O–H groups in total. The lowest BCUT2D eigenvalue weighted by Gasteiger charge is -2.26. The third kappa shape index (κ3) is 8.48. The van der Waals surface area contributed by atoms with Gasteiger partial charge in [0.05, 0.1) is 13.2 Å². The summed E-state index contributed by atoms with van der Waals surface area (Å²) in [5.41, 5.74) is 0. The summed E-state index contributed by atoms with van der Waals surface area (Å²) in [6.07, 6.45) is 2.64. The van der Waals surface area contributed by atoms with Crippen LogP contribution >= 0.6 is 0 Å². The first kappa shape index (κ1) is 17.4. The molecule has 0 unspecified atom stereocenters. The van der Waals surface area contributed by atoms with E-state index in [2.05, 4.69) is 11.8 Å². The standard InChI is InChI=1S/C8H17NO.C6H13NO/c1-2-3-4-9-5-7-10-8-6-9;1-5(2)6(8)7(3)4/h2-8H2,1H3;5H,1-4H3. The minimum Gasteiger partial charge on any atom is -0.379 e. The largest absolute Gasteiger partial charge is 0.379 e. The van der Waals surface area contributed by atoms with Crippen LogP contribution < -0.4 is 0 Å². The van der Waals surface area contributed by atoms with Crippen LogP contribution in [0.25, 0.3) is 0 Å². The van der Waals surface area contributed by atoms with E-state index in [-0.39, 0.29) is 11.8 Å². The van der Waals surface area contributed by atoms with Gasteiger partial charge in [-0.3, -0.25) is 9.69 Å². The van der Waals surface area contributed by atoms with Crippen LogP contribution in [0, 0.1) is 5.92 Å². The van der Waals surface area contributed by atoms with Crippen molar-refractivity contribution in [1.29, 1.82) is 0 Å². The molecule has 0 bridgehead atoms. The summed E-state index contributed by atoms with van der Waals surface area (Å²) in [7, 11) is 3.53. The van der Waals surface area contributed by atoms with Crippen LogP contribution in [-0.2, 0) is 9.53 Å². The lowest BCUT2D eigenvalue weighted by atomic mass is 10.2.